The molecule has 5 amide bonds. The van der Waals surface area contributed by atoms with Crippen molar-refractivity contribution in [2.24, 2.45) is 0 Å². The zero-order valence-electron chi connectivity index (χ0n) is 38.0. The van der Waals surface area contributed by atoms with E-state index in [1.54, 1.807) is 0 Å². The lowest BCUT2D eigenvalue weighted by Crippen LogP contribution is -2.35. The van der Waals surface area contributed by atoms with Crippen molar-refractivity contribution >= 4 is 29.7 Å². The van der Waals surface area contributed by atoms with Gasteiger partial charge in [-0.3, -0.25) is 38.8 Å². The third kappa shape index (κ3) is 35.3. The zero-order valence-corrected chi connectivity index (χ0v) is 38.0. The molecule has 0 spiro atoms. The smallest absolute Gasteiger partial charge is 0.423 e. The Hall–Kier alpha value is -3.71. The van der Waals surface area contributed by atoms with Crippen LogP contribution in [0.15, 0.2) is 60.8 Å². The van der Waals surface area contributed by atoms with Gasteiger partial charge in [0.1, 0.15) is 0 Å². The number of hydrogen-bond donors (Lipinski definition) is 0. The summed E-state index contributed by atoms with van der Waals surface area (Å²) in [4.78, 5) is 63.2. The molecule has 0 saturated carbocycles. The van der Waals surface area contributed by atoms with Crippen molar-refractivity contribution in [3.05, 3.63) is 60.8 Å². The van der Waals surface area contributed by atoms with Crippen LogP contribution in [0.3, 0.4) is 0 Å². The topological polar surface area (TPSA) is 120 Å². The quantitative estimate of drug-likeness (QED) is 0.0704. The maximum Gasteiger partial charge on any atom is 0.423 e. The molecule has 0 aromatic heterocycles. The minimum atomic E-state index is -0.954. The lowest BCUT2D eigenvalue weighted by Gasteiger charge is -2.13. The monoisotopic (exact) mass is 892 g/mol. The highest BCUT2D eigenvalue weighted by Crippen LogP contribution is 2.07. The van der Waals surface area contributed by atoms with Crippen LogP contribution in [0.4, 0.5) is 4.79 Å². The minimum Gasteiger partial charge on any atom is -0.452 e. The normalized spacial score (nSPS) is 15.5. The fraction of sp³-hybridized carbons (Fsp3) is 0.706. The first-order valence-electron chi connectivity index (χ1n) is 22.5. The predicted octanol–water partition coefficient (Wildman–Crippen LogP) is 10.9. The van der Waals surface area contributed by atoms with Gasteiger partial charge in [0.15, 0.2) is 0 Å². The molecule has 0 fully saturated rings. The van der Waals surface area contributed by atoms with E-state index in [-0.39, 0.29) is 41.5 Å². The van der Waals surface area contributed by atoms with Crippen LogP contribution in [-0.2, 0) is 28.7 Å². The van der Waals surface area contributed by atoms with Crippen molar-refractivity contribution in [3.8, 4) is 0 Å². The highest BCUT2D eigenvalue weighted by Gasteiger charge is 2.30. The van der Waals surface area contributed by atoms with Crippen LogP contribution >= 0.6 is 0 Å². The van der Waals surface area contributed by atoms with Gasteiger partial charge < -0.3 is 9.47 Å². The molecule has 63 heavy (non-hydrogen) atoms. The Morgan fingerprint density at radius 1 is 0.460 bits per heavy atom. The third-order valence-corrected chi connectivity index (χ3v) is 9.52. The number of methoxy groups -OCH3 is 1. The van der Waals surface area contributed by atoms with Crippen molar-refractivity contribution < 1.29 is 33.4 Å². The van der Waals surface area contributed by atoms with Gasteiger partial charge in [-0.1, -0.05) is 152 Å². The molecule has 0 saturated heterocycles. The van der Waals surface area contributed by atoms with Crippen LogP contribution in [0, 0.1) is 0 Å². The Bertz CT molecular complexity index is 1170. The third-order valence-electron chi connectivity index (χ3n) is 9.52. The van der Waals surface area contributed by atoms with Gasteiger partial charge in [0.25, 0.3) is 23.6 Å². The lowest BCUT2D eigenvalue weighted by atomic mass is 10.2. The molecule has 5 rings (SSSR count). The van der Waals surface area contributed by atoms with Crippen LogP contribution in [0.1, 0.15) is 155 Å². The molecular formula is C51H97N5O7. The molecule has 5 heterocycles. The molecule has 368 valence electrons. The summed E-state index contributed by atoms with van der Waals surface area (Å²) < 4.78 is 9.16. The van der Waals surface area contributed by atoms with E-state index < -0.39 is 17.9 Å². The summed E-state index contributed by atoms with van der Waals surface area (Å²) in [5.74, 6) is -1.67. The second kappa shape index (κ2) is 47.8. The summed E-state index contributed by atoms with van der Waals surface area (Å²) in [6.07, 6.45) is 33.8. The molecule has 12 nitrogen and oxygen atoms in total. The van der Waals surface area contributed by atoms with Crippen molar-refractivity contribution in [2.75, 3.05) is 85.8 Å². The SMILES string of the molecule is C.C.C.C.CCCCCN1C(=O)C=CC1=O.CCCCCN1CC=CC1.CCCCCN1CC=CC1.CCCCCN1CC=CC1.CCCOCC.COC(=O)N1C(=O)C=CC1=O. The number of carbonyl (C=O) groups is 5. The Morgan fingerprint density at radius 2 is 0.762 bits per heavy atom. The Balaban J connectivity index is -0.000000213. The van der Waals surface area contributed by atoms with Gasteiger partial charge in [-0.15, -0.1) is 0 Å². The van der Waals surface area contributed by atoms with E-state index in [1.807, 2.05) is 6.92 Å². The predicted molar refractivity (Wildman–Crippen MR) is 268 cm³/mol. The molecule has 0 aliphatic carbocycles. The molecular weight excluding hydrogens is 795 g/mol. The van der Waals surface area contributed by atoms with Crippen molar-refractivity contribution in [1.82, 2.24) is 24.5 Å². The molecule has 5 aliphatic heterocycles. The van der Waals surface area contributed by atoms with E-state index in [4.69, 9.17) is 4.74 Å². The summed E-state index contributed by atoms with van der Waals surface area (Å²) >= 11 is 0. The highest BCUT2D eigenvalue weighted by molar-refractivity contribution is 6.21. The second-order valence-electron chi connectivity index (χ2n) is 14.7. The molecule has 0 N–H and O–H groups in total. The molecule has 0 atom stereocenters. The van der Waals surface area contributed by atoms with Crippen LogP contribution in [-0.4, -0.2) is 140 Å². The summed E-state index contributed by atoms with van der Waals surface area (Å²) in [6, 6.07) is 0. The van der Waals surface area contributed by atoms with Crippen LogP contribution in [0.25, 0.3) is 0 Å². The molecule has 0 aromatic rings. The zero-order chi connectivity index (χ0) is 43.9. The van der Waals surface area contributed by atoms with Gasteiger partial charge in [-0.2, -0.15) is 4.90 Å². The van der Waals surface area contributed by atoms with Gasteiger partial charge >= 0.3 is 6.09 Å². The largest absolute Gasteiger partial charge is 0.452 e. The first-order chi connectivity index (χ1) is 28.6. The van der Waals surface area contributed by atoms with E-state index in [0.29, 0.717) is 11.4 Å². The van der Waals surface area contributed by atoms with Gasteiger partial charge in [0.05, 0.1) is 7.11 Å². The van der Waals surface area contributed by atoms with Crippen LogP contribution < -0.4 is 0 Å². The number of rotatable bonds is 19. The lowest BCUT2D eigenvalue weighted by molar-refractivity contribution is -0.137. The summed E-state index contributed by atoms with van der Waals surface area (Å²) in [5, 5.41) is 0. The number of hydrogen-bond acceptors (Lipinski definition) is 10. The van der Waals surface area contributed by atoms with Gasteiger partial charge in [-0.05, 0) is 58.7 Å². The van der Waals surface area contributed by atoms with E-state index in [1.165, 1.54) is 134 Å². The van der Waals surface area contributed by atoms with Crippen molar-refractivity contribution in [3.63, 3.8) is 0 Å². The average Bonchev–Trinajstić information content (AvgIpc) is 4.12. The van der Waals surface area contributed by atoms with E-state index >= 15 is 0 Å². The highest BCUT2D eigenvalue weighted by atomic mass is 16.5. The van der Waals surface area contributed by atoms with Gasteiger partial charge in [-0.25, -0.2) is 4.79 Å². The molecule has 0 radical (unpaired) electrons. The summed E-state index contributed by atoms with van der Waals surface area (Å²) in [5.41, 5.74) is 0. The average molecular weight is 892 g/mol. The number of carbonyl (C=O) groups excluding carboxylic acids is 5. The maximum atomic E-state index is 11.0. The molecule has 0 unspecified atom stereocenters. The number of imide groups is 4. The fourth-order valence-corrected chi connectivity index (χ4v) is 6.00. The first kappa shape index (κ1) is 68.3. The Labute approximate surface area is 387 Å². The van der Waals surface area contributed by atoms with Crippen molar-refractivity contribution in [1.29, 1.82) is 0 Å². The minimum absolute atomic E-state index is 0. The first-order valence-corrected chi connectivity index (χ1v) is 22.5. The van der Waals surface area contributed by atoms with Crippen LogP contribution in [0.2, 0.25) is 0 Å². The molecule has 5 aliphatic rings. The standard InChI is InChI=1S/C9H13NO2.3C9H17N.C6H5NO4.C5H12O.4CH4/c1-2-3-4-7-10-8(11)5-6-9(10)12;3*1-2-3-4-7-10-8-5-6-9-10;1-11-6(10)7-4(8)2-3-5(7)9;1-3-5-6-4-2;;;;/h5-6H,2-4,7H2,1H3;3*5-6H,2-4,7-9H2,1H3;2-3H,1H3;3-5H2,1-2H3;4*1H4. The molecule has 0 bridgehead atoms. The fourth-order valence-electron chi connectivity index (χ4n) is 6.00. The summed E-state index contributed by atoms with van der Waals surface area (Å²) in [7, 11) is 1.10. The van der Waals surface area contributed by atoms with E-state index in [0.717, 1.165) is 58.2 Å². The maximum absolute atomic E-state index is 11.0. The van der Waals surface area contributed by atoms with E-state index in [9.17, 15) is 24.0 Å². The van der Waals surface area contributed by atoms with Gasteiger partial charge in [0.2, 0.25) is 0 Å². The number of amides is 5. The second-order valence-corrected chi connectivity index (χ2v) is 14.7. The number of nitrogens with zero attached hydrogens (tertiary/aromatic N) is 5. The molecule has 12 heteroatoms. The summed E-state index contributed by atoms with van der Waals surface area (Å²) in [6.45, 7) is 26.3. The Kier molecular flexibility index (Phi) is 51.8. The number of ether oxygens (including phenoxy) is 2. The van der Waals surface area contributed by atoms with E-state index in [2.05, 4.69) is 90.5 Å². The van der Waals surface area contributed by atoms with Crippen molar-refractivity contribution in [2.45, 2.75) is 155 Å². The van der Waals surface area contributed by atoms with Gasteiger partial charge in [0, 0.05) is 83.3 Å². The number of unbranched alkanes of at least 4 members (excludes halogenated alkanes) is 8. The molecule has 0 aromatic carbocycles. The van der Waals surface area contributed by atoms with Crippen LogP contribution in [0.5, 0.6) is 0 Å². The Morgan fingerprint density at radius 3 is 1.02 bits per heavy atom.